The molecule has 5 rings (SSSR count). The molecule has 0 aliphatic carbocycles. The van der Waals surface area contributed by atoms with Crippen LogP contribution >= 0.6 is 0 Å². The number of benzene rings is 2. The van der Waals surface area contributed by atoms with Gasteiger partial charge in [-0.3, -0.25) is 14.3 Å². The molecule has 0 unspecified atom stereocenters. The smallest absolute Gasteiger partial charge is 0.264 e. The summed E-state index contributed by atoms with van der Waals surface area (Å²) in [6.07, 6.45) is 1.59. The maximum absolute atomic E-state index is 15.1. The molecule has 3 heterocycles. The molecule has 1 fully saturated rings. The van der Waals surface area contributed by atoms with E-state index in [4.69, 9.17) is 0 Å². The van der Waals surface area contributed by atoms with Crippen molar-refractivity contribution >= 4 is 11.0 Å². The maximum atomic E-state index is 15.1. The number of rotatable bonds is 5. The van der Waals surface area contributed by atoms with Gasteiger partial charge in [0.2, 0.25) is 0 Å². The third-order valence-electron chi connectivity index (χ3n) is 6.11. The Morgan fingerprint density at radius 1 is 1.09 bits per heavy atom. The summed E-state index contributed by atoms with van der Waals surface area (Å²) in [6.45, 7) is 1.14. The number of para-hydroxylation sites is 1. The Morgan fingerprint density at radius 2 is 1.81 bits per heavy atom. The quantitative estimate of drug-likeness (QED) is 0.524. The van der Waals surface area contributed by atoms with Gasteiger partial charge in [0.15, 0.2) is 5.65 Å². The van der Waals surface area contributed by atoms with Gasteiger partial charge in [-0.25, -0.2) is 14.1 Å². The Kier molecular flexibility index (Phi) is 5.32. The molecule has 0 amide bonds. The zero-order valence-corrected chi connectivity index (χ0v) is 17.5. The highest BCUT2D eigenvalue weighted by molar-refractivity contribution is 5.74. The molecule has 0 bridgehead atoms. The lowest BCUT2D eigenvalue weighted by Crippen LogP contribution is -2.56. The van der Waals surface area contributed by atoms with Crippen LogP contribution in [0.1, 0.15) is 12.0 Å². The van der Waals surface area contributed by atoms with E-state index in [0.29, 0.717) is 24.1 Å². The van der Waals surface area contributed by atoms with Crippen LogP contribution < -0.4 is 5.56 Å². The van der Waals surface area contributed by atoms with E-state index in [0.717, 1.165) is 11.3 Å². The monoisotopic (exact) mass is 433 g/mol. The molecule has 7 nitrogen and oxygen atoms in total. The van der Waals surface area contributed by atoms with E-state index in [1.807, 2.05) is 65.6 Å². The zero-order chi connectivity index (χ0) is 22.1. The van der Waals surface area contributed by atoms with Gasteiger partial charge in [-0.15, -0.1) is 0 Å². The first-order chi connectivity index (χ1) is 15.5. The maximum Gasteiger partial charge on any atom is 0.264 e. The molecule has 1 aliphatic heterocycles. The first-order valence-corrected chi connectivity index (χ1v) is 10.6. The van der Waals surface area contributed by atoms with E-state index in [9.17, 15) is 9.90 Å². The van der Waals surface area contributed by atoms with E-state index in [2.05, 4.69) is 10.1 Å². The number of likely N-dealkylation sites (tertiary alicyclic amines) is 1. The third-order valence-corrected chi connectivity index (χ3v) is 6.11. The minimum absolute atomic E-state index is 0.113. The van der Waals surface area contributed by atoms with Gasteiger partial charge < -0.3 is 5.11 Å². The molecular formula is C24H24FN5O2. The van der Waals surface area contributed by atoms with Gasteiger partial charge in [0, 0.05) is 19.6 Å². The summed E-state index contributed by atoms with van der Waals surface area (Å²) in [5, 5.41) is 15.7. The molecular weight excluding hydrogens is 409 g/mol. The molecule has 164 valence electrons. The number of alkyl halides is 1. The molecule has 1 saturated heterocycles. The molecule has 2 aromatic carbocycles. The summed E-state index contributed by atoms with van der Waals surface area (Å²) in [4.78, 5) is 19.4. The largest absolute Gasteiger partial charge is 0.385 e. The van der Waals surface area contributed by atoms with Crippen LogP contribution in [0, 0.1) is 0 Å². The van der Waals surface area contributed by atoms with E-state index in [1.54, 1.807) is 4.68 Å². The van der Waals surface area contributed by atoms with E-state index >= 15 is 4.39 Å². The number of aromatic nitrogens is 4. The summed E-state index contributed by atoms with van der Waals surface area (Å²) in [6, 6.07) is 19.3. The lowest BCUT2D eigenvalue weighted by Gasteiger charge is -2.41. The van der Waals surface area contributed by atoms with Crippen molar-refractivity contribution in [3.05, 3.63) is 89.1 Å². The van der Waals surface area contributed by atoms with Crippen LogP contribution in [0.4, 0.5) is 4.39 Å². The second kappa shape index (κ2) is 8.29. The van der Waals surface area contributed by atoms with Crippen molar-refractivity contribution in [2.45, 2.75) is 31.3 Å². The second-order valence-electron chi connectivity index (χ2n) is 8.35. The van der Waals surface area contributed by atoms with Crippen molar-refractivity contribution in [1.82, 2.24) is 24.2 Å². The Hall–Kier alpha value is -3.36. The van der Waals surface area contributed by atoms with E-state index in [-0.39, 0.29) is 25.1 Å². The number of hydrogen-bond donors (Lipinski definition) is 1. The number of nitrogens with zero attached hydrogens (tertiary/aromatic N) is 5. The van der Waals surface area contributed by atoms with Gasteiger partial charge in [0.25, 0.3) is 5.56 Å². The van der Waals surface area contributed by atoms with Gasteiger partial charge in [-0.1, -0.05) is 48.5 Å². The Morgan fingerprint density at radius 3 is 2.53 bits per heavy atom. The van der Waals surface area contributed by atoms with Crippen LogP contribution in [0.2, 0.25) is 0 Å². The summed E-state index contributed by atoms with van der Waals surface area (Å²) >= 11 is 0. The molecule has 1 N–H and O–H groups in total. The van der Waals surface area contributed by atoms with Crippen LogP contribution in [0.25, 0.3) is 16.7 Å². The summed E-state index contributed by atoms with van der Waals surface area (Å²) in [5.41, 5.74) is 0.359. The molecule has 4 aromatic rings. The number of halogens is 1. The van der Waals surface area contributed by atoms with Crippen molar-refractivity contribution in [1.29, 1.82) is 0 Å². The van der Waals surface area contributed by atoms with E-state index < -0.39 is 11.8 Å². The Bertz CT molecular complexity index is 1270. The number of aliphatic hydroxyl groups is 1. The molecule has 2 aromatic heterocycles. The number of fused-ring (bicyclic) bond motifs is 1. The highest BCUT2D eigenvalue weighted by Gasteiger charge is 2.42. The van der Waals surface area contributed by atoms with Gasteiger partial charge in [0.05, 0.1) is 18.4 Å². The zero-order valence-electron chi connectivity index (χ0n) is 17.5. The van der Waals surface area contributed by atoms with Crippen molar-refractivity contribution in [3.8, 4) is 5.69 Å². The number of hydrogen-bond acceptors (Lipinski definition) is 5. The van der Waals surface area contributed by atoms with Crippen LogP contribution in [0.15, 0.2) is 78.0 Å². The van der Waals surface area contributed by atoms with E-state index in [1.165, 1.54) is 17.1 Å². The molecule has 0 spiro atoms. The van der Waals surface area contributed by atoms with Crippen LogP contribution in [-0.2, 0) is 13.1 Å². The second-order valence-corrected chi connectivity index (χ2v) is 8.35. The Labute approximate surface area is 184 Å². The van der Waals surface area contributed by atoms with Crippen LogP contribution in [0.3, 0.4) is 0 Å². The standard InChI is InChI=1S/C24H24FN5O2/c25-21-15-28(14-18-7-3-1-4-8-18)12-11-24(21,32)16-29-17-26-22-20(23(29)31)13-27-30(22)19-9-5-2-6-10-19/h1-10,13,17,21,32H,11-12,14-16H2/t21-,24+/m0/s1. The predicted octanol–water partition coefficient (Wildman–Crippen LogP) is 2.56. The average Bonchev–Trinajstić information content (AvgIpc) is 3.25. The average molecular weight is 433 g/mol. The molecule has 0 saturated carbocycles. The van der Waals surface area contributed by atoms with Crippen molar-refractivity contribution in [2.24, 2.45) is 0 Å². The molecule has 1 aliphatic rings. The lowest BCUT2D eigenvalue weighted by atomic mass is 9.89. The number of piperidine rings is 1. The minimum atomic E-state index is -1.62. The summed E-state index contributed by atoms with van der Waals surface area (Å²) in [5.74, 6) is 0. The highest BCUT2D eigenvalue weighted by atomic mass is 19.1. The van der Waals surface area contributed by atoms with Crippen LogP contribution in [0.5, 0.6) is 0 Å². The fourth-order valence-electron chi connectivity index (χ4n) is 4.27. The first-order valence-electron chi connectivity index (χ1n) is 10.6. The molecule has 0 radical (unpaired) electrons. The highest BCUT2D eigenvalue weighted by Crippen LogP contribution is 2.28. The van der Waals surface area contributed by atoms with Gasteiger partial charge in [-0.2, -0.15) is 5.10 Å². The fraction of sp³-hybridized carbons (Fsp3) is 0.292. The Balaban J connectivity index is 1.35. The molecule has 2 atom stereocenters. The topological polar surface area (TPSA) is 76.2 Å². The van der Waals surface area contributed by atoms with Crippen molar-refractivity contribution in [2.75, 3.05) is 13.1 Å². The molecule has 8 heteroatoms. The SMILES string of the molecule is O=c1c2cnn(-c3ccccc3)c2ncn1C[C@]1(O)CCN(Cc2ccccc2)C[C@@H]1F. The fourth-order valence-corrected chi connectivity index (χ4v) is 4.27. The third kappa shape index (κ3) is 3.83. The normalized spacial score (nSPS) is 21.8. The summed E-state index contributed by atoms with van der Waals surface area (Å²) in [7, 11) is 0. The van der Waals surface area contributed by atoms with Crippen LogP contribution in [-0.4, -0.2) is 54.2 Å². The van der Waals surface area contributed by atoms with Crippen molar-refractivity contribution in [3.63, 3.8) is 0 Å². The molecule has 32 heavy (non-hydrogen) atoms. The summed E-state index contributed by atoms with van der Waals surface area (Å²) < 4.78 is 18.0. The van der Waals surface area contributed by atoms with Gasteiger partial charge in [-0.05, 0) is 24.1 Å². The first kappa shape index (κ1) is 20.5. The predicted molar refractivity (Wildman–Crippen MR) is 119 cm³/mol. The van der Waals surface area contributed by atoms with Crippen molar-refractivity contribution < 1.29 is 9.50 Å². The lowest BCUT2D eigenvalue weighted by molar-refractivity contribution is -0.0966. The van der Waals surface area contributed by atoms with Gasteiger partial charge in [0.1, 0.15) is 23.5 Å². The van der Waals surface area contributed by atoms with Gasteiger partial charge >= 0.3 is 0 Å². The minimum Gasteiger partial charge on any atom is -0.385 e.